The highest BCUT2D eigenvalue weighted by Crippen LogP contribution is 2.28. The molecule has 4 N–H and O–H groups in total. The summed E-state index contributed by atoms with van der Waals surface area (Å²) in [5.41, 5.74) is 3.58. The minimum atomic E-state index is -0.689. The third-order valence-corrected chi connectivity index (χ3v) is 7.65. The first-order valence-electron chi connectivity index (χ1n) is 13.6. The molecular weight excluding hydrogens is 514 g/mol. The van der Waals surface area contributed by atoms with Crippen LogP contribution < -0.4 is 0 Å². The summed E-state index contributed by atoms with van der Waals surface area (Å²) < 4.78 is 0. The summed E-state index contributed by atoms with van der Waals surface area (Å²) in [5.74, 6) is -0.316. The van der Waals surface area contributed by atoms with Crippen LogP contribution in [0.2, 0.25) is 0 Å². The van der Waals surface area contributed by atoms with E-state index in [0.717, 1.165) is 25.9 Å². The number of phenolic OH excluding ortho intramolecular Hbond substituents is 4. The lowest BCUT2D eigenvalue weighted by molar-refractivity contribution is -0.993. The summed E-state index contributed by atoms with van der Waals surface area (Å²) in [6.45, 7) is 5.66. The summed E-state index contributed by atoms with van der Waals surface area (Å²) in [5, 5.41) is 40.2. The lowest BCUT2D eigenvalue weighted by atomic mass is 9.95. The maximum Gasteiger partial charge on any atom is 0.478 e. The number of nitrogens with zero attached hydrogens (tertiary/aromatic N) is 3. The van der Waals surface area contributed by atoms with Gasteiger partial charge in [0.15, 0.2) is 0 Å². The zero-order valence-electron chi connectivity index (χ0n) is 23.5. The van der Waals surface area contributed by atoms with Gasteiger partial charge in [-0.2, -0.15) is 9.68 Å². The van der Waals surface area contributed by atoms with E-state index < -0.39 is 12.2 Å². The van der Waals surface area contributed by atoms with E-state index in [1.807, 2.05) is 27.9 Å². The fourth-order valence-corrected chi connectivity index (χ4v) is 5.49. The molecule has 40 heavy (non-hydrogen) atoms. The Morgan fingerprint density at radius 2 is 1.07 bits per heavy atom. The van der Waals surface area contributed by atoms with Crippen LogP contribution in [-0.4, -0.2) is 86.8 Å². The van der Waals surface area contributed by atoms with Crippen molar-refractivity contribution >= 4 is 0 Å². The van der Waals surface area contributed by atoms with Gasteiger partial charge in [0.2, 0.25) is 12.2 Å². The summed E-state index contributed by atoms with van der Waals surface area (Å²) in [7, 11) is 3.92. The summed E-state index contributed by atoms with van der Waals surface area (Å²) in [4.78, 5) is 29.4. The van der Waals surface area contributed by atoms with Gasteiger partial charge in [-0.05, 0) is 76.2 Å². The molecule has 2 aromatic carbocycles. The Kier molecular flexibility index (Phi) is 9.21. The van der Waals surface area contributed by atoms with Crippen LogP contribution in [0.4, 0.5) is 0 Å². The maximum atomic E-state index is 13.4. The highest BCUT2D eigenvalue weighted by atomic mass is 17.0. The van der Waals surface area contributed by atoms with Crippen molar-refractivity contribution in [1.82, 2.24) is 9.80 Å². The Balaban J connectivity index is 1.60. The minimum Gasteiger partial charge on any atom is -0.508 e. The van der Waals surface area contributed by atoms with Crippen LogP contribution >= 0.6 is 0 Å². The molecule has 2 aliphatic heterocycles. The van der Waals surface area contributed by atoms with Gasteiger partial charge in [0.25, 0.3) is 0 Å². The lowest BCUT2D eigenvalue weighted by Gasteiger charge is -2.34. The van der Waals surface area contributed by atoms with E-state index in [0.29, 0.717) is 11.1 Å². The molecule has 4 atom stereocenters. The summed E-state index contributed by atoms with van der Waals surface area (Å²) in [6.07, 6.45) is 5.03. The van der Waals surface area contributed by atoms with Crippen LogP contribution in [0.5, 0.6) is 23.0 Å². The van der Waals surface area contributed by atoms with Crippen LogP contribution in [0, 0.1) is 4.91 Å². The first-order valence-corrected chi connectivity index (χ1v) is 13.6. The molecule has 0 saturated carbocycles. The molecule has 2 heterocycles. The van der Waals surface area contributed by atoms with E-state index in [1.165, 1.54) is 47.5 Å². The van der Waals surface area contributed by atoms with Gasteiger partial charge < -0.3 is 20.4 Å². The van der Waals surface area contributed by atoms with Crippen molar-refractivity contribution in [3.63, 3.8) is 0 Å². The largest absolute Gasteiger partial charge is 0.508 e. The molecular formula is C30H40N3O7+. The first kappa shape index (κ1) is 29.2. The Hall–Kier alpha value is -3.76. The van der Waals surface area contributed by atoms with Gasteiger partial charge in [0.05, 0.1) is 12.1 Å². The molecule has 2 aliphatic rings. The Bertz CT molecular complexity index is 1140. The van der Waals surface area contributed by atoms with Gasteiger partial charge in [-0.3, -0.25) is 9.80 Å². The van der Waals surface area contributed by atoms with Gasteiger partial charge in [0.1, 0.15) is 27.9 Å². The molecule has 10 heteroatoms. The molecule has 0 fully saturated rings. The Morgan fingerprint density at radius 3 is 1.43 bits per heavy atom. The van der Waals surface area contributed by atoms with Crippen molar-refractivity contribution in [2.45, 2.75) is 63.8 Å². The lowest BCUT2D eigenvalue weighted by Crippen LogP contribution is -2.48. The van der Waals surface area contributed by atoms with Crippen LogP contribution in [0.25, 0.3) is 0 Å². The Labute approximate surface area is 234 Å². The molecule has 0 bridgehead atoms. The second-order valence-electron chi connectivity index (χ2n) is 11.1. The molecule has 216 valence electrons. The number of hydrogen-bond acceptors (Lipinski definition) is 9. The average molecular weight is 555 g/mol. The van der Waals surface area contributed by atoms with Crippen molar-refractivity contribution in [3.8, 4) is 23.0 Å². The summed E-state index contributed by atoms with van der Waals surface area (Å²) in [6, 6.07) is 8.14. The van der Waals surface area contributed by atoms with Crippen molar-refractivity contribution in [2.24, 2.45) is 0 Å². The second kappa shape index (κ2) is 12.6. The third-order valence-electron chi connectivity index (χ3n) is 7.65. The molecule has 0 aromatic heterocycles. The van der Waals surface area contributed by atoms with Gasteiger partial charge in [-0.1, -0.05) is 23.3 Å². The normalized spacial score (nSPS) is 21.7. The van der Waals surface area contributed by atoms with Crippen molar-refractivity contribution < 1.29 is 35.2 Å². The third kappa shape index (κ3) is 7.67. The highest BCUT2D eigenvalue weighted by molar-refractivity contribution is 5.38. The van der Waals surface area contributed by atoms with E-state index in [-0.39, 0.29) is 53.0 Å². The molecule has 2 aromatic rings. The number of phenols is 4. The monoisotopic (exact) mass is 554 g/mol. The molecule has 4 rings (SSSR count). The van der Waals surface area contributed by atoms with E-state index in [9.17, 15) is 25.3 Å². The molecule has 0 aliphatic carbocycles. The molecule has 0 spiro atoms. The van der Waals surface area contributed by atoms with E-state index in [1.54, 1.807) is 0 Å². The zero-order chi connectivity index (χ0) is 29.0. The molecule has 0 amide bonds. The van der Waals surface area contributed by atoms with Crippen LogP contribution in [0.3, 0.4) is 0 Å². The highest BCUT2D eigenvalue weighted by Gasteiger charge is 2.39. The van der Waals surface area contributed by atoms with E-state index >= 15 is 0 Å². The number of likely N-dealkylation sites (N-methyl/N-ethyl adjacent to an activating group) is 2. The second-order valence-corrected chi connectivity index (χ2v) is 11.1. The fraction of sp³-hybridized carbons (Fsp3) is 0.467. The van der Waals surface area contributed by atoms with E-state index in [4.69, 9.17) is 9.68 Å². The Morgan fingerprint density at radius 1 is 0.725 bits per heavy atom. The predicted molar refractivity (Wildman–Crippen MR) is 150 cm³/mol. The fourth-order valence-electron chi connectivity index (χ4n) is 5.49. The van der Waals surface area contributed by atoms with E-state index in [2.05, 4.69) is 22.0 Å². The quantitative estimate of drug-likeness (QED) is 0.255. The predicted octanol–water partition coefficient (Wildman–Crippen LogP) is 3.97. The molecule has 0 saturated heterocycles. The SMILES string of the molecule is CC1=CC(C(Cc2cc(O)cc(O)c2)O[N+](=O)OC(Cc2cc(O)cc(O)c2)C2C=C(C)CCN2C)N(C)CC1. The smallest absolute Gasteiger partial charge is 0.478 e. The molecule has 4 unspecified atom stereocenters. The van der Waals surface area contributed by atoms with Gasteiger partial charge in [0, 0.05) is 38.1 Å². The minimum absolute atomic E-state index is 0.0791. The molecule has 10 nitrogen and oxygen atoms in total. The number of benzene rings is 2. The van der Waals surface area contributed by atoms with Crippen molar-refractivity contribution in [2.75, 3.05) is 27.2 Å². The van der Waals surface area contributed by atoms with Crippen LogP contribution in [-0.2, 0) is 22.5 Å². The number of hydrogen-bond donors (Lipinski definition) is 4. The zero-order valence-corrected chi connectivity index (χ0v) is 23.5. The number of aromatic hydroxyl groups is 4. The van der Waals surface area contributed by atoms with Gasteiger partial charge in [-0.25, -0.2) is 0 Å². The topological polar surface area (TPSA) is 126 Å². The van der Waals surface area contributed by atoms with Crippen molar-refractivity contribution in [1.29, 1.82) is 0 Å². The summed E-state index contributed by atoms with van der Waals surface area (Å²) >= 11 is 0. The van der Waals surface area contributed by atoms with Gasteiger partial charge >= 0.3 is 5.09 Å². The molecule has 0 radical (unpaired) electrons. The standard InChI is InChI=1S/C30H39N3O7/c1-19-5-7-31(3)27(9-19)29(15-21-11-23(34)17-24(35)12-21)39-33(38)40-30(28-10-20(2)6-8-32(28)4)16-22-13-25(36)18-26(37)14-22/h9-14,17-18,27-30H,5-8,15-16H2,1-4H3,(H3-,34,35,36,37)/p+1. The van der Waals surface area contributed by atoms with Gasteiger partial charge in [-0.15, -0.1) is 0 Å². The van der Waals surface area contributed by atoms with Crippen LogP contribution in [0.1, 0.15) is 37.8 Å². The number of rotatable bonds is 10. The average Bonchev–Trinajstić information content (AvgIpc) is 2.85. The maximum absolute atomic E-state index is 13.4. The van der Waals surface area contributed by atoms with Crippen LogP contribution in [0.15, 0.2) is 59.7 Å². The van der Waals surface area contributed by atoms with Crippen molar-refractivity contribution in [3.05, 3.63) is 75.7 Å². The first-order chi connectivity index (χ1) is 19.0.